The average molecular weight is 328 g/mol. The maximum Gasteiger partial charge on any atom is 0.353 e. The van der Waals surface area contributed by atoms with Crippen LogP contribution >= 0.6 is 11.8 Å². The molecule has 0 aromatic carbocycles. The topological polar surface area (TPSA) is 99.1 Å². The standard InChI is InChI=1S/C14H20N2O5S/c1-6(17)8-9-11(21-2)12(22-7-3-4-15-5-7)10(14(19)20)16(9)13(8)18/h6-9,11,15,17H,3-5H2,1-2H3,(H,19,20)/t6?,7?,8?,9-,11?/m0/s1. The first-order valence-electron chi connectivity index (χ1n) is 7.36. The van der Waals surface area contributed by atoms with Crippen molar-refractivity contribution in [1.82, 2.24) is 10.2 Å². The number of aliphatic hydroxyl groups is 1. The second-order valence-corrected chi connectivity index (χ2v) is 7.21. The summed E-state index contributed by atoms with van der Waals surface area (Å²) in [7, 11) is 1.52. The van der Waals surface area contributed by atoms with E-state index in [0.29, 0.717) is 4.91 Å². The number of carboxylic acid groups (broad SMARTS) is 1. The van der Waals surface area contributed by atoms with E-state index < -0.39 is 30.1 Å². The highest BCUT2D eigenvalue weighted by Crippen LogP contribution is 2.49. The summed E-state index contributed by atoms with van der Waals surface area (Å²) in [4.78, 5) is 25.8. The lowest BCUT2D eigenvalue weighted by atomic mass is 9.82. The Morgan fingerprint density at radius 2 is 2.27 bits per heavy atom. The van der Waals surface area contributed by atoms with Crippen LogP contribution in [0.15, 0.2) is 10.6 Å². The molecular weight excluding hydrogens is 308 g/mol. The summed E-state index contributed by atoms with van der Waals surface area (Å²) >= 11 is 1.48. The van der Waals surface area contributed by atoms with E-state index in [4.69, 9.17) is 4.74 Å². The lowest BCUT2D eigenvalue weighted by Crippen LogP contribution is -2.65. The van der Waals surface area contributed by atoms with E-state index in [1.165, 1.54) is 23.8 Å². The summed E-state index contributed by atoms with van der Waals surface area (Å²) in [6.45, 7) is 3.28. The molecule has 122 valence electrons. The van der Waals surface area contributed by atoms with E-state index in [2.05, 4.69) is 5.32 Å². The normalized spacial score (nSPS) is 35.6. The van der Waals surface area contributed by atoms with Crippen molar-refractivity contribution in [1.29, 1.82) is 0 Å². The number of nitrogens with zero attached hydrogens (tertiary/aromatic N) is 1. The SMILES string of the molecule is COC1C(SC2CCNC2)=C(C(=O)O)N2C(=O)C(C(C)O)[C@@H]12. The third-order valence-electron chi connectivity index (χ3n) is 4.52. The molecule has 0 aromatic heterocycles. The Morgan fingerprint density at radius 1 is 1.55 bits per heavy atom. The molecule has 4 unspecified atom stereocenters. The molecule has 22 heavy (non-hydrogen) atoms. The first-order valence-corrected chi connectivity index (χ1v) is 8.24. The molecule has 2 saturated heterocycles. The number of hydrogen-bond acceptors (Lipinski definition) is 6. The maximum absolute atomic E-state index is 12.2. The highest BCUT2D eigenvalue weighted by Gasteiger charge is 2.62. The van der Waals surface area contributed by atoms with Crippen molar-refractivity contribution in [2.24, 2.45) is 5.92 Å². The van der Waals surface area contributed by atoms with Gasteiger partial charge < -0.3 is 20.3 Å². The molecule has 7 nitrogen and oxygen atoms in total. The molecule has 8 heteroatoms. The molecule has 3 aliphatic heterocycles. The van der Waals surface area contributed by atoms with Gasteiger partial charge in [0.2, 0.25) is 5.91 Å². The van der Waals surface area contributed by atoms with Crippen LogP contribution in [0, 0.1) is 5.92 Å². The van der Waals surface area contributed by atoms with E-state index in [-0.39, 0.29) is 16.9 Å². The number of hydrogen-bond donors (Lipinski definition) is 3. The van der Waals surface area contributed by atoms with Gasteiger partial charge in [-0.3, -0.25) is 9.69 Å². The number of aliphatic hydroxyl groups excluding tert-OH is 1. The summed E-state index contributed by atoms with van der Waals surface area (Å²) < 4.78 is 5.51. The van der Waals surface area contributed by atoms with Gasteiger partial charge in [0.1, 0.15) is 11.8 Å². The number of fused-ring (bicyclic) bond motifs is 1. The fourth-order valence-corrected chi connectivity index (χ4v) is 4.96. The highest BCUT2D eigenvalue weighted by molar-refractivity contribution is 8.03. The second kappa shape index (κ2) is 5.84. The quantitative estimate of drug-likeness (QED) is 0.591. The fourth-order valence-electron chi connectivity index (χ4n) is 3.50. The predicted octanol–water partition coefficient (Wildman–Crippen LogP) is -0.386. The molecular formula is C14H20N2O5S. The van der Waals surface area contributed by atoms with Gasteiger partial charge in [-0.25, -0.2) is 4.79 Å². The van der Waals surface area contributed by atoms with E-state index in [1.54, 1.807) is 6.92 Å². The van der Waals surface area contributed by atoms with Crippen LogP contribution in [0.2, 0.25) is 0 Å². The van der Waals surface area contributed by atoms with Crippen molar-refractivity contribution >= 4 is 23.6 Å². The van der Waals surface area contributed by atoms with Gasteiger partial charge in [0, 0.05) is 23.8 Å². The Balaban J connectivity index is 1.93. The van der Waals surface area contributed by atoms with Crippen molar-refractivity contribution in [3.05, 3.63) is 10.6 Å². The van der Waals surface area contributed by atoms with Crippen molar-refractivity contribution in [2.75, 3.05) is 20.2 Å². The molecule has 0 aromatic rings. The van der Waals surface area contributed by atoms with Crippen molar-refractivity contribution < 1.29 is 24.5 Å². The summed E-state index contributed by atoms with van der Waals surface area (Å²) in [6, 6.07) is -0.416. The molecule has 0 bridgehead atoms. The largest absolute Gasteiger partial charge is 0.477 e. The van der Waals surface area contributed by atoms with E-state index in [1.807, 2.05) is 0 Å². The van der Waals surface area contributed by atoms with Gasteiger partial charge in [-0.1, -0.05) is 0 Å². The lowest BCUT2D eigenvalue weighted by molar-refractivity contribution is -0.166. The van der Waals surface area contributed by atoms with Gasteiger partial charge >= 0.3 is 5.97 Å². The first-order chi connectivity index (χ1) is 10.5. The Kier molecular flexibility index (Phi) is 4.19. The molecule has 1 amide bonds. The Morgan fingerprint density at radius 3 is 2.77 bits per heavy atom. The molecule has 3 rings (SSSR count). The second-order valence-electron chi connectivity index (χ2n) is 5.87. The number of methoxy groups -OCH3 is 1. The first kappa shape index (κ1) is 15.8. The zero-order chi connectivity index (χ0) is 16.0. The van der Waals surface area contributed by atoms with Crippen LogP contribution in [0.3, 0.4) is 0 Å². The third kappa shape index (κ3) is 2.25. The number of amides is 1. The molecule has 3 N–H and O–H groups in total. The number of β-lactam (4-membered cyclic amide) rings is 1. The summed E-state index contributed by atoms with van der Waals surface area (Å²) in [6.07, 6.45) is -0.344. The lowest BCUT2D eigenvalue weighted by Gasteiger charge is -2.46. The predicted molar refractivity (Wildman–Crippen MR) is 80.1 cm³/mol. The number of carbonyl (C=O) groups is 2. The van der Waals surface area contributed by atoms with Gasteiger partial charge in [-0.2, -0.15) is 0 Å². The smallest absolute Gasteiger partial charge is 0.353 e. The summed E-state index contributed by atoms with van der Waals surface area (Å²) in [5.41, 5.74) is 0.0238. The molecule has 0 spiro atoms. The Hall–Kier alpha value is -1.09. The van der Waals surface area contributed by atoms with Gasteiger partial charge in [0.05, 0.1) is 18.1 Å². The van der Waals surface area contributed by atoms with E-state index >= 15 is 0 Å². The monoisotopic (exact) mass is 328 g/mol. The van der Waals surface area contributed by atoms with E-state index in [9.17, 15) is 19.8 Å². The maximum atomic E-state index is 12.2. The molecule has 3 heterocycles. The van der Waals surface area contributed by atoms with Gasteiger partial charge in [-0.05, 0) is 19.9 Å². The number of aliphatic carboxylic acids is 1. The molecule has 0 radical (unpaired) electrons. The van der Waals surface area contributed by atoms with Gasteiger partial charge in [0.15, 0.2) is 0 Å². The minimum absolute atomic E-state index is 0.0238. The fraction of sp³-hybridized carbons (Fsp3) is 0.714. The third-order valence-corrected chi connectivity index (χ3v) is 5.93. The van der Waals surface area contributed by atoms with Crippen molar-refractivity contribution in [3.63, 3.8) is 0 Å². The van der Waals surface area contributed by atoms with Crippen LogP contribution in [0.1, 0.15) is 13.3 Å². The van der Waals surface area contributed by atoms with Crippen LogP contribution in [0.5, 0.6) is 0 Å². The molecule has 5 atom stereocenters. The van der Waals surface area contributed by atoms with Gasteiger partial charge in [0.25, 0.3) is 0 Å². The number of ether oxygens (including phenoxy) is 1. The molecule has 2 fully saturated rings. The van der Waals surface area contributed by atoms with Crippen molar-refractivity contribution in [3.8, 4) is 0 Å². The molecule has 0 saturated carbocycles. The molecule has 3 aliphatic rings. The van der Waals surface area contributed by atoms with Gasteiger partial charge in [-0.15, -0.1) is 11.8 Å². The minimum Gasteiger partial charge on any atom is -0.477 e. The zero-order valence-corrected chi connectivity index (χ0v) is 13.3. The van der Waals surface area contributed by atoms with Crippen molar-refractivity contribution in [2.45, 2.75) is 36.8 Å². The highest BCUT2D eigenvalue weighted by atomic mass is 32.2. The average Bonchev–Trinajstić information content (AvgIpc) is 3.03. The van der Waals surface area contributed by atoms with Crippen LogP contribution in [-0.4, -0.2) is 70.7 Å². The summed E-state index contributed by atoms with van der Waals surface area (Å²) in [5.74, 6) is -2.05. The number of carbonyl (C=O) groups excluding carboxylic acids is 1. The van der Waals surface area contributed by atoms with E-state index in [0.717, 1.165) is 19.5 Å². The van der Waals surface area contributed by atoms with Crippen LogP contribution in [0.4, 0.5) is 0 Å². The van der Waals surface area contributed by atoms with Crippen LogP contribution in [0.25, 0.3) is 0 Å². The number of thioether (sulfide) groups is 1. The zero-order valence-electron chi connectivity index (χ0n) is 12.5. The number of carboxylic acids is 1. The molecule has 0 aliphatic carbocycles. The number of nitrogens with one attached hydrogen (secondary N) is 1. The Bertz CT molecular complexity index is 529. The van der Waals surface area contributed by atoms with Crippen LogP contribution in [-0.2, 0) is 14.3 Å². The number of rotatable bonds is 5. The minimum atomic E-state index is -1.12. The van der Waals surface area contributed by atoms with Crippen LogP contribution < -0.4 is 5.32 Å². The summed E-state index contributed by atoms with van der Waals surface area (Å²) in [5, 5.41) is 22.9. The Labute approximate surface area is 132 Å².